The van der Waals surface area contributed by atoms with E-state index in [4.69, 9.17) is 0 Å². The van der Waals surface area contributed by atoms with Gasteiger partial charge in [-0.2, -0.15) is 5.10 Å². The van der Waals surface area contributed by atoms with Gasteiger partial charge >= 0.3 is 5.97 Å². The molecule has 0 amide bonds. The highest BCUT2D eigenvalue weighted by molar-refractivity contribution is 5.89. The van der Waals surface area contributed by atoms with E-state index in [1.807, 2.05) is 47.3 Å². The summed E-state index contributed by atoms with van der Waals surface area (Å²) in [7, 11) is 1.37. The van der Waals surface area contributed by atoms with Crippen LogP contribution in [0.2, 0.25) is 0 Å². The van der Waals surface area contributed by atoms with Gasteiger partial charge in [0.25, 0.3) is 0 Å². The van der Waals surface area contributed by atoms with E-state index in [9.17, 15) is 4.79 Å². The van der Waals surface area contributed by atoms with Crippen LogP contribution in [-0.4, -0.2) is 27.8 Å². The number of carbonyl (C=O) groups is 1. The maximum absolute atomic E-state index is 11.4. The number of methoxy groups -OCH3 is 1. The zero-order chi connectivity index (χ0) is 15.4. The van der Waals surface area contributed by atoms with Crippen LogP contribution in [0.1, 0.15) is 15.9 Å². The Morgan fingerprint density at radius 1 is 1.09 bits per heavy atom. The number of ether oxygens (including phenoxy) is 1. The Hall–Kier alpha value is -2.95. The fourth-order valence-corrected chi connectivity index (χ4v) is 2.15. The molecule has 0 saturated heterocycles. The highest BCUT2D eigenvalue weighted by Gasteiger charge is 2.06. The number of esters is 1. The molecular weight excluding hydrogens is 278 g/mol. The number of aromatic nitrogens is 3. The summed E-state index contributed by atoms with van der Waals surface area (Å²) in [6.45, 7) is 0.633. The van der Waals surface area contributed by atoms with Crippen molar-refractivity contribution in [2.24, 2.45) is 0 Å². The van der Waals surface area contributed by atoms with Crippen LogP contribution in [0, 0.1) is 0 Å². The summed E-state index contributed by atoms with van der Waals surface area (Å²) in [5, 5.41) is 4.51. The number of rotatable bonds is 4. The van der Waals surface area contributed by atoms with Gasteiger partial charge in [0.1, 0.15) is 5.69 Å². The number of pyridine rings is 1. The lowest BCUT2D eigenvalue weighted by Gasteiger charge is -2.04. The summed E-state index contributed by atoms with van der Waals surface area (Å²) in [6.07, 6.45) is 3.66. The molecule has 0 unspecified atom stereocenters. The molecule has 0 fully saturated rings. The van der Waals surface area contributed by atoms with Gasteiger partial charge in [-0.15, -0.1) is 0 Å². The molecule has 0 aliphatic carbocycles. The van der Waals surface area contributed by atoms with Gasteiger partial charge in [-0.05, 0) is 35.9 Å². The van der Waals surface area contributed by atoms with Crippen molar-refractivity contribution in [3.8, 4) is 11.4 Å². The minimum absolute atomic E-state index is 0.330. The summed E-state index contributed by atoms with van der Waals surface area (Å²) < 4.78 is 6.53. The second-order valence-corrected chi connectivity index (χ2v) is 4.80. The van der Waals surface area contributed by atoms with Gasteiger partial charge in [-0.25, -0.2) is 4.79 Å². The molecular formula is C17H15N3O2. The van der Waals surface area contributed by atoms with Crippen molar-refractivity contribution in [2.45, 2.75) is 6.54 Å². The maximum atomic E-state index is 11.4. The quantitative estimate of drug-likeness (QED) is 0.694. The second kappa shape index (κ2) is 6.22. The van der Waals surface area contributed by atoms with Gasteiger partial charge < -0.3 is 4.74 Å². The predicted molar refractivity (Wildman–Crippen MR) is 82.3 cm³/mol. The SMILES string of the molecule is COC(=O)c1ccc(Cn2ccc(-c3ccccn3)n2)cc1. The van der Waals surface area contributed by atoms with Gasteiger partial charge in [-0.1, -0.05) is 18.2 Å². The number of nitrogens with zero attached hydrogens (tertiary/aromatic N) is 3. The molecule has 2 heterocycles. The summed E-state index contributed by atoms with van der Waals surface area (Å²) >= 11 is 0. The lowest BCUT2D eigenvalue weighted by atomic mass is 10.1. The van der Waals surface area contributed by atoms with Crippen LogP contribution < -0.4 is 0 Å². The van der Waals surface area contributed by atoms with E-state index >= 15 is 0 Å². The molecule has 0 bridgehead atoms. The monoisotopic (exact) mass is 293 g/mol. The third kappa shape index (κ3) is 3.03. The first kappa shape index (κ1) is 14.0. The van der Waals surface area contributed by atoms with Crippen LogP contribution >= 0.6 is 0 Å². The lowest BCUT2D eigenvalue weighted by Crippen LogP contribution is -2.03. The Bertz CT molecular complexity index is 764. The molecule has 0 aliphatic heterocycles. The number of hydrogen-bond acceptors (Lipinski definition) is 4. The molecule has 0 spiro atoms. The van der Waals surface area contributed by atoms with Crippen LogP contribution in [0.3, 0.4) is 0 Å². The molecule has 22 heavy (non-hydrogen) atoms. The Kier molecular flexibility index (Phi) is 3.96. The van der Waals surface area contributed by atoms with E-state index in [-0.39, 0.29) is 5.97 Å². The van der Waals surface area contributed by atoms with E-state index in [0.717, 1.165) is 17.0 Å². The largest absolute Gasteiger partial charge is 0.465 e. The Morgan fingerprint density at radius 2 is 1.91 bits per heavy atom. The van der Waals surface area contributed by atoms with E-state index in [0.29, 0.717) is 12.1 Å². The van der Waals surface area contributed by atoms with Gasteiger partial charge in [0.05, 0.1) is 24.9 Å². The molecule has 1 aromatic carbocycles. The van der Waals surface area contributed by atoms with E-state index in [2.05, 4.69) is 14.8 Å². The number of carbonyl (C=O) groups excluding carboxylic acids is 1. The summed E-state index contributed by atoms with van der Waals surface area (Å²) in [6, 6.07) is 15.0. The highest BCUT2D eigenvalue weighted by Crippen LogP contribution is 2.14. The summed E-state index contributed by atoms with van der Waals surface area (Å²) in [5.41, 5.74) is 3.29. The second-order valence-electron chi connectivity index (χ2n) is 4.80. The van der Waals surface area contributed by atoms with Crippen LogP contribution in [-0.2, 0) is 11.3 Å². The van der Waals surface area contributed by atoms with Crippen molar-refractivity contribution < 1.29 is 9.53 Å². The molecule has 0 radical (unpaired) electrons. The standard InChI is InChI=1S/C17H15N3O2/c1-22-17(21)14-7-5-13(6-8-14)12-20-11-9-16(19-20)15-4-2-3-10-18-15/h2-11H,12H2,1H3. The highest BCUT2D eigenvalue weighted by atomic mass is 16.5. The first-order chi connectivity index (χ1) is 10.8. The minimum Gasteiger partial charge on any atom is -0.465 e. The summed E-state index contributed by atoms with van der Waals surface area (Å²) in [5.74, 6) is -0.330. The number of benzene rings is 1. The molecule has 0 N–H and O–H groups in total. The van der Waals surface area contributed by atoms with Crippen LogP contribution in [0.4, 0.5) is 0 Å². The third-order valence-electron chi connectivity index (χ3n) is 3.29. The van der Waals surface area contributed by atoms with Gasteiger partial charge in [0, 0.05) is 12.4 Å². The zero-order valence-corrected chi connectivity index (χ0v) is 12.1. The van der Waals surface area contributed by atoms with Gasteiger partial charge in [0.2, 0.25) is 0 Å². The van der Waals surface area contributed by atoms with Crippen molar-refractivity contribution in [1.82, 2.24) is 14.8 Å². The Morgan fingerprint density at radius 3 is 2.59 bits per heavy atom. The summed E-state index contributed by atoms with van der Waals surface area (Å²) in [4.78, 5) is 15.7. The Balaban J connectivity index is 1.74. The smallest absolute Gasteiger partial charge is 0.337 e. The topological polar surface area (TPSA) is 57.0 Å². The Labute approximate surface area is 128 Å². The van der Waals surface area contributed by atoms with Crippen LogP contribution in [0.15, 0.2) is 60.9 Å². The first-order valence-corrected chi connectivity index (χ1v) is 6.88. The molecule has 2 aromatic heterocycles. The van der Waals surface area contributed by atoms with Crippen molar-refractivity contribution in [2.75, 3.05) is 7.11 Å². The molecule has 0 atom stereocenters. The van der Waals surface area contributed by atoms with Crippen molar-refractivity contribution in [1.29, 1.82) is 0 Å². The first-order valence-electron chi connectivity index (χ1n) is 6.88. The predicted octanol–water partition coefficient (Wildman–Crippen LogP) is 2.78. The zero-order valence-electron chi connectivity index (χ0n) is 12.1. The van der Waals surface area contributed by atoms with Crippen LogP contribution in [0.25, 0.3) is 11.4 Å². The molecule has 0 saturated carbocycles. The van der Waals surface area contributed by atoms with E-state index in [1.54, 1.807) is 18.3 Å². The van der Waals surface area contributed by atoms with Crippen LogP contribution in [0.5, 0.6) is 0 Å². The van der Waals surface area contributed by atoms with E-state index in [1.165, 1.54) is 7.11 Å². The fraction of sp³-hybridized carbons (Fsp3) is 0.118. The molecule has 5 nitrogen and oxygen atoms in total. The van der Waals surface area contributed by atoms with Crippen molar-refractivity contribution in [3.05, 3.63) is 72.1 Å². The normalized spacial score (nSPS) is 10.4. The molecule has 5 heteroatoms. The van der Waals surface area contributed by atoms with Gasteiger partial charge in [-0.3, -0.25) is 9.67 Å². The molecule has 0 aliphatic rings. The van der Waals surface area contributed by atoms with Gasteiger partial charge in [0.15, 0.2) is 0 Å². The average Bonchev–Trinajstić information content (AvgIpc) is 3.04. The van der Waals surface area contributed by atoms with Crippen molar-refractivity contribution >= 4 is 5.97 Å². The lowest BCUT2D eigenvalue weighted by molar-refractivity contribution is 0.0600. The third-order valence-corrected chi connectivity index (χ3v) is 3.29. The molecule has 3 aromatic rings. The molecule has 3 rings (SSSR count). The average molecular weight is 293 g/mol. The molecule has 110 valence electrons. The fourth-order valence-electron chi connectivity index (χ4n) is 2.15. The maximum Gasteiger partial charge on any atom is 0.337 e. The van der Waals surface area contributed by atoms with E-state index < -0.39 is 0 Å². The number of hydrogen-bond donors (Lipinski definition) is 0. The van der Waals surface area contributed by atoms with Crippen molar-refractivity contribution in [3.63, 3.8) is 0 Å². The minimum atomic E-state index is -0.330.